The van der Waals surface area contributed by atoms with Crippen LogP contribution in [0.15, 0.2) is 53.1 Å². The van der Waals surface area contributed by atoms with Gasteiger partial charge in [-0.05, 0) is 49.4 Å². The summed E-state index contributed by atoms with van der Waals surface area (Å²) in [5.74, 6) is 0.899. The molecular weight excluding hydrogens is 411 g/mol. The molecule has 0 aliphatic carbocycles. The monoisotopic (exact) mass is 436 g/mol. The molecule has 0 unspecified atom stereocenters. The Morgan fingerprint density at radius 3 is 2.66 bits per heavy atom. The minimum Gasteiger partial charge on any atom is -0.488 e. The van der Waals surface area contributed by atoms with Crippen LogP contribution in [0.1, 0.15) is 22.5 Å². The molecule has 0 spiro atoms. The first-order valence-corrected chi connectivity index (χ1v) is 10.9. The first kappa shape index (κ1) is 20.5. The van der Waals surface area contributed by atoms with Crippen molar-refractivity contribution in [3.05, 3.63) is 65.6 Å². The summed E-state index contributed by atoms with van der Waals surface area (Å²) in [5, 5.41) is 6.95. The van der Waals surface area contributed by atoms with Gasteiger partial charge in [0.2, 0.25) is 0 Å². The molecule has 2 aliphatic rings. The molecule has 1 aromatic heterocycles. The molecule has 166 valence electrons. The van der Waals surface area contributed by atoms with E-state index in [0.29, 0.717) is 23.6 Å². The normalized spacial score (nSPS) is 15.6. The molecular formula is C24H25FN4O3. The Balaban J connectivity index is 1.08. The van der Waals surface area contributed by atoms with Crippen LogP contribution >= 0.6 is 0 Å². The van der Waals surface area contributed by atoms with Gasteiger partial charge in [0.05, 0.1) is 11.1 Å². The number of halogens is 1. The summed E-state index contributed by atoms with van der Waals surface area (Å²) in [5.41, 5.74) is 2.86. The highest BCUT2D eigenvalue weighted by Crippen LogP contribution is 2.38. The number of hydrogen-bond donors (Lipinski definition) is 1. The van der Waals surface area contributed by atoms with E-state index in [9.17, 15) is 9.18 Å². The lowest BCUT2D eigenvalue weighted by Gasteiger charge is -2.36. The standard InChI is InChI=1S/C24H25FN4O3/c25-17-6-8-18(9-7-17)29-14-12-28(13-15-29)11-3-10-26-24(30)22-20-16-31-21-5-2-1-4-19(21)23(20)32-27-22/h1-2,4-9H,3,10-16H2,(H,26,30). The first-order valence-electron chi connectivity index (χ1n) is 10.9. The number of nitrogens with zero attached hydrogens (tertiary/aromatic N) is 3. The molecule has 1 fully saturated rings. The van der Waals surface area contributed by atoms with Crippen LogP contribution in [0, 0.1) is 5.82 Å². The maximum Gasteiger partial charge on any atom is 0.273 e. The molecule has 5 rings (SSSR count). The lowest BCUT2D eigenvalue weighted by Crippen LogP contribution is -2.47. The fraction of sp³-hybridized carbons (Fsp3) is 0.333. The van der Waals surface area contributed by atoms with Crippen molar-refractivity contribution >= 4 is 11.6 Å². The molecule has 0 bridgehead atoms. The molecule has 1 saturated heterocycles. The van der Waals surface area contributed by atoms with Gasteiger partial charge in [0.15, 0.2) is 11.5 Å². The van der Waals surface area contributed by atoms with Crippen molar-refractivity contribution in [2.24, 2.45) is 0 Å². The summed E-state index contributed by atoms with van der Waals surface area (Å²) in [6.07, 6.45) is 0.849. The van der Waals surface area contributed by atoms with Crippen molar-refractivity contribution in [2.75, 3.05) is 44.2 Å². The molecule has 1 N–H and O–H groups in total. The van der Waals surface area contributed by atoms with Crippen LogP contribution in [0.25, 0.3) is 11.3 Å². The van der Waals surface area contributed by atoms with Gasteiger partial charge in [0, 0.05) is 38.4 Å². The summed E-state index contributed by atoms with van der Waals surface area (Å²) in [7, 11) is 0. The molecule has 3 aromatic rings. The van der Waals surface area contributed by atoms with E-state index >= 15 is 0 Å². The number of aromatic nitrogens is 1. The Hall–Kier alpha value is -3.39. The van der Waals surface area contributed by atoms with Gasteiger partial charge in [-0.2, -0.15) is 0 Å². The van der Waals surface area contributed by atoms with Gasteiger partial charge < -0.3 is 19.5 Å². The summed E-state index contributed by atoms with van der Waals surface area (Å²) >= 11 is 0. The van der Waals surface area contributed by atoms with Crippen LogP contribution in [0.2, 0.25) is 0 Å². The Morgan fingerprint density at radius 2 is 1.84 bits per heavy atom. The lowest BCUT2D eigenvalue weighted by atomic mass is 10.0. The number of para-hydroxylation sites is 1. The van der Waals surface area contributed by atoms with Crippen molar-refractivity contribution in [3.8, 4) is 17.1 Å². The van der Waals surface area contributed by atoms with Crippen LogP contribution < -0.4 is 15.0 Å². The van der Waals surface area contributed by atoms with E-state index < -0.39 is 0 Å². The largest absolute Gasteiger partial charge is 0.488 e. The Labute approximate surface area is 185 Å². The minimum atomic E-state index is -0.237. The van der Waals surface area contributed by atoms with Crippen LogP contribution in [-0.2, 0) is 6.61 Å². The number of nitrogens with one attached hydrogen (secondary N) is 1. The van der Waals surface area contributed by atoms with Crippen molar-refractivity contribution in [3.63, 3.8) is 0 Å². The van der Waals surface area contributed by atoms with Crippen molar-refractivity contribution in [1.29, 1.82) is 0 Å². The van der Waals surface area contributed by atoms with Crippen LogP contribution in [0.4, 0.5) is 10.1 Å². The number of ether oxygens (including phenoxy) is 1. The fourth-order valence-corrected chi connectivity index (χ4v) is 4.23. The fourth-order valence-electron chi connectivity index (χ4n) is 4.23. The number of anilines is 1. The third-order valence-electron chi connectivity index (χ3n) is 6.01. The number of rotatable bonds is 6. The van der Waals surface area contributed by atoms with Crippen LogP contribution in [0.5, 0.6) is 5.75 Å². The van der Waals surface area contributed by atoms with E-state index in [1.54, 1.807) is 0 Å². The molecule has 2 aromatic carbocycles. The highest BCUT2D eigenvalue weighted by atomic mass is 19.1. The second-order valence-corrected chi connectivity index (χ2v) is 8.04. The predicted octanol–water partition coefficient (Wildman–Crippen LogP) is 3.32. The molecule has 3 heterocycles. The summed E-state index contributed by atoms with van der Waals surface area (Å²) in [6, 6.07) is 14.2. The highest BCUT2D eigenvalue weighted by Gasteiger charge is 2.28. The van der Waals surface area contributed by atoms with Gasteiger partial charge in [0.25, 0.3) is 5.91 Å². The van der Waals surface area contributed by atoms with Gasteiger partial charge in [-0.3, -0.25) is 9.69 Å². The molecule has 32 heavy (non-hydrogen) atoms. The molecule has 0 radical (unpaired) electrons. The molecule has 0 saturated carbocycles. The Bertz CT molecular complexity index is 1090. The molecule has 1 amide bonds. The smallest absolute Gasteiger partial charge is 0.273 e. The molecule has 8 heteroatoms. The number of carbonyl (C=O) groups excluding carboxylic acids is 1. The highest BCUT2D eigenvalue weighted by molar-refractivity contribution is 5.95. The number of amides is 1. The lowest BCUT2D eigenvalue weighted by molar-refractivity contribution is 0.0940. The number of carbonyl (C=O) groups is 1. The second-order valence-electron chi connectivity index (χ2n) is 8.04. The zero-order valence-electron chi connectivity index (χ0n) is 17.7. The number of benzene rings is 2. The van der Waals surface area contributed by atoms with Gasteiger partial charge in [-0.1, -0.05) is 17.3 Å². The molecule has 7 nitrogen and oxygen atoms in total. The average Bonchev–Trinajstić information content (AvgIpc) is 3.28. The van der Waals surface area contributed by atoms with Gasteiger partial charge in [-0.25, -0.2) is 4.39 Å². The SMILES string of the molecule is O=C(NCCCN1CCN(c2ccc(F)cc2)CC1)c1noc2c1COc1ccccc1-2. The van der Waals surface area contributed by atoms with Crippen molar-refractivity contribution < 1.29 is 18.4 Å². The number of fused-ring (bicyclic) bond motifs is 3. The zero-order chi connectivity index (χ0) is 21.9. The zero-order valence-corrected chi connectivity index (χ0v) is 17.7. The molecule has 0 atom stereocenters. The van der Waals surface area contributed by atoms with E-state index in [1.807, 2.05) is 36.4 Å². The first-order chi connectivity index (χ1) is 15.7. The minimum absolute atomic E-state index is 0.210. The van der Waals surface area contributed by atoms with Crippen LogP contribution in [-0.4, -0.2) is 55.2 Å². The Morgan fingerprint density at radius 1 is 1.06 bits per heavy atom. The Kier molecular flexibility index (Phi) is 5.77. The van der Waals surface area contributed by atoms with E-state index in [2.05, 4.69) is 20.3 Å². The summed E-state index contributed by atoms with van der Waals surface area (Å²) < 4.78 is 24.3. The topological polar surface area (TPSA) is 70.8 Å². The van der Waals surface area contributed by atoms with Gasteiger partial charge in [0.1, 0.15) is 18.2 Å². The maximum absolute atomic E-state index is 13.1. The number of piperazine rings is 1. The van der Waals surface area contributed by atoms with Crippen molar-refractivity contribution in [2.45, 2.75) is 13.0 Å². The average molecular weight is 436 g/mol. The third-order valence-corrected chi connectivity index (χ3v) is 6.01. The van der Waals surface area contributed by atoms with Gasteiger partial charge in [-0.15, -0.1) is 0 Å². The van der Waals surface area contributed by atoms with E-state index in [1.165, 1.54) is 12.1 Å². The van der Waals surface area contributed by atoms with Crippen molar-refractivity contribution in [1.82, 2.24) is 15.4 Å². The van der Waals surface area contributed by atoms with Gasteiger partial charge >= 0.3 is 0 Å². The summed E-state index contributed by atoms with van der Waals surface area (Å²) in [4.78, 5) is 17.3. The predicted molar refractivity (Wildman–Crippen MR) is 118 cm³/mol. The number of hydrogen-bond acceptors (Lipinski definition) is 6. The molecule has 2 aliphatic heterocycles. The quantitative estimate of drug-likeness (QED) is 0.598. The second kappa shape index (κ2) is 9.00. The van der Waals surface area contributed by atoms with Crippen LogP contribution in [0.3, 0.4) is 0 Å². The van der Waals surface area contributed by atoms with E-state index in [0.717, 1.165) is 56.1 Å². The third kappa shape index (κ3) is 4.18. The summed E-state index contributed by atoms with van der Waals surface area (Å²) in [6.45, 7) is 5.45. The maximum atomic E-state index is 13.1. The van der Waals surface area contributed by atoms with E-state index in [4.69, 9.17) is 9.26 Å². The van der Waals surface area contributed by atoms with E-state index in [-0.39, 0.29) is 18.3 Å².